The zero-order valence-corrected chi connectivity index (χ0v) is 17.2. The molecule has 7 nitrogen and oxygen atoms in total. The number of thiophene rings is 1. The topological polar surface area (TPSA) is 94.5 Å². The van der Waals surface area contributed by atoms with Gasteiger partial charge in [-0.25, -0.2) is 0 Å². The minimum atomic E-state index is -0.347. The number of carbonyl (C=O) groups is 2. The van der Waals surface area contributed by atoms with Gasteiger partial charge in [0.25, 0.3) is 17.8 Å². The van der Waals surface area contributed by atoms with E-state index < -0.39 is 0 Å². The molecule has 0 saturated carbocycles. The molecule has 2 amide bonds. The van der Waals surface area contributed by atoms with Crippen LogP contribution in [0.1, 0.15) is 20.0 Å². The molecule has 1 aliphatic rings. The molecule has 2 aromatic carbocycles. The van der Waals surface area contributed by atoms with E-state index in [0.717, 1.165) is 5.69 Å². The smallest absolute Gasteiger partial charge is 0.289 e. The predicted molar refractivity (Wildman–Crippen MR) is 119 cm³/mol. The van der Waals surface area contributed by atoms with Crippen LogP contribution >= 0.6 is 22.9 Å². The molecule has 3 N–H and O–H groups in total. The van der Waals surface area contributed by atoms with E-state index in [4.69, 9.17) is 21.7 Å². The molecule has 0 radical (unpaired) electrons. The van der Waals surface area contributed by atoms with Crippen molar-refractivity contribution in [2.24, 2.45) is 0 Å². The van der Waals surface area contributed by atoms with Gasteiger partial charge >= 0.3 is 0 Å². The molecule has 0 spiro atoms. The van der Waals surface area contributed by atoms with Crippen LogP contribution in [-0.2, 0) is 4.74 Å². The molecule has 2 heterocycles. The fraction of sp³-hybridized carbons (Fsp3) is 0.0952. The minimum absolute atomic E-state index is 0.114. The Bertz CT molecular complexity index is 1110. The van der Waals surface area contributed by atoms with Gasteiger partial charge in [-0.05, 0) is 48.5 Å². The lowest BCUT2D eigenvalue weighted by atomic mass is 10.1. The van der Waals surface area contributed by atoms with Gasteiger partial charge in [-0.1, -0.05) is 23.7 Å². The van der Waals surface area contributed by atoms with E-state index in [0.29, 0.717) is 39.3 Å². The third-order valence-electron chi connectivity index (χ3n) is 4.45. The highest BCUT2D eigenvalue weighted by Gasteiger charge is 2.20. The van der Waals surface area contributed by atoms with Crippen molar-refractivity contribution >= 4 is 57.8 Å². The standard InChI is InChI=1S/C21H17ClN4O3S/c22-18-10-9-17(30-18)20(28)25-16-4-2-1-3-15(16)19(27)24-13-5-7-14(8-6-13)26-11-12-29-21(26)23/h1-10,23H,11-12H2,(H,24,27)(H,25,28). The third-order valence-corrected chi connectivity index (χ3v) is 5.68. The average Bonchev–Trinajstić information content (AvgIpc) is 3.37. The number of hydrogen-bond donors (Lipinski definition) is 3. The van der Waals surface area contributed by atoms with Crippen molar-refractivity contribution in [1.82, 2.24) is 0 Å². The van der Waals surface area contributed by atoms with E-state index in [2.05, 4.69) is 10.6 Å². The molecule has 3 aromatic rings. The van der Waals surface area contributed by atoms with Gasteiger partial charge in [0.05, 0.1) is 27.0 Å². The molecule has 9 heteroatoms. The number of anilines is 3. The van der Waals surface area contributed by atoms with Crippen LogP contribution < -0.4 is 15.5 Å². The zero-order chi connectivity index (χ0) is 21.1. The summed E-state index contributed by atoms with van der Waals surface area (Å²) in [6.45, 7) is 1.10. The quantitative estimate of drug-likeness (QED) is 0.537. The molecule has 152 valence electrons. The molecular formula is C21H17ClN4O3S. The van der Waals surface area contributed by atoms with Crippen LogP contribution in [0.15, 0.2) is 60.7 Å². The number of benzene rings is 2. The van der Waals surface area contributed by atoms with Crippen molar-refractivity contribution < 1.29 is 14.3 Å². The van der Waals surface area contributed by atoms with E-state index in [1.807, 2.05) is 12.1 Å². The fourth-order valence-electron chi connectivity index (χ4n) is 2.99. The van der Waals surface area contributed by atoms with Gasteiger partial charge in [0, 0.05) is 11.4 Å². The number of amidine groups is 1. The summed E-state index contributed by atoms with van der Waals surface area (Å²) in [7, 11) is 0. The number of para-hydroxylation sites is 1. The van der Waals surface area contributed by atoms with Crippen molar-refractivity contribution in [2.75, 3.05) is 28.7 Å². The molecular weight excluding hydrogens is 424 g/mol. The summed E-state index contributed by atoms with van der Waals surface area (Å²) in [4.78, 5) is 27.4. The van der Waals surface area contributed by atoms with Crippen LogP contribution in [0.25, 0.3) is 0 Å². The van der Waals surface area contributed by atoms with Crippen LogP contribution in [0.4, 0.5) is 17.1 Å². The first-order valence-corrected chi connectivity index (χ1v) is 10.3. The van der Waals surface area contributed by atoms with Crippen molar-refractivity contribution in [2.45, 2.75) is 0 Å². The van der Waals surface area contributed by atoms with Crippen LogP contribution in [0.3, 0.4) is 0 Å². The van der Waals surface area contributed by atoms with E-state index in [9.17, 15) is 9.59 Å². The van der Waals surface area contributed by atoms with Gasteiger partial charge in [-0.3, -0.25) is 19.9 Å². The number of ether oxygens (including phenoxy) is 1. The van der Waals surface area contributed by atoms with Crippen molar-refractivity contribution in [3.63, 3.8) is 0 Å². The molecule has 4 rings (SSSR count). The molecule has 30 heavy (non-hydrogen) atoms. The summed E-state index contributed by atoms with van der Waals surface area (Å²) in [5.41, 5.74) is 2.16. The number of hydrogen-bond acceptors (Lipinski definition) is 5. The summed E-state index contributed by atoms with van der Waals surface area (Å²) in [5.74, 6) is -0.674. The first-order chi connectivity index (χ1) is 14.5. The summed E-state index contributed by atoms with van der Waals surface area (Å²) in [5, 5.41) is 13.4. The third kappa shape index (κ3) is 4.29. The lowest BCUT2D eigenvalue weighted by Gasteiger charge is -2.15. The molecule has 0 aliphatic carbocycles. The highest BCUT2D eigenvalue weighted by Crippen LogP contribution is 2.25. The lowest BCUT2D eigenvalue weighted by Crippen LogP contribution is -2.23. The number of nitrogens with one attached hydrogen (secondary N) is 3. The number of halogens is 1. The van der Waals surface area contributed by atoms with E-state index in [-0.39, 0.29) is 17.8 Å². The molecule has 1 saturated heterocycles. The van der Waals surface area contributed by atoms with Gasteiger partial charge in [0.1, 0.15) is 6.61 Å². The van der Waals surface area contributed by atoms with E-state index in [1.54, 1.807) is 53.4 Å². The maximum absolute atomic E-state index is 12.8. The average molecular weight is 441 g/mol. The van der Waals surface area contributed by atoms with Crippen LogP contribution in [0.2, 0.25) is 4.34 Å². The van der Waals surface area contributed by atoms with E-state index in [1.165, 1.54) is 11.3 Å². The SMILES string of the molecule is N=C1OCCN1c1ccc(NC(=O)c2ccccc2NC(=O)c2ccc(Cl)s2)cc1. The summed E-state index contributed by atoms with van der Waals surface area (Å²) >= 11 is 7.06. The normalized spacial score (nSPS) is 13.1. The minimum Gasteiger partial charge on any atom is -0.463 e. The monoisotopic (exact) mass is 440 g/mol. The summed E-state index contributed by atoms with van der Waals surface area (Å²) in [6.07, 6.45) is 0. The van der Waals surface area contributed by atoms with Gasteiger partial charge in [0.15, 0.2) is 0 Å². The first-order valence-electron chi connectivity index (χ1n) is 9.07. The molecule has 0 unspecified atom stereocenters. The highest BCUT2D eigenvalue weighted by molar-refractivity contribution is 7.18. The van der Waals surface area contributed by atoms with Crippen molar-refractivity contribution in [1.29, 1.82) is 5.41 Å². The van der Waals surface area contributed by atoms with Crippen LogP contribution in [0, 0.1) is 5.41 Å². The second kappa shape index (κ2) is 8.56. The maximum atomic E-state index is 12.8. The number of nitrogens with zero attached hydrogens (tertiary/aromatic N) is 1. The Kier molecular flexibility index (Phi) is 5.69. The van der Waals surface area contributed by atoms with E-state index >= 15 is 0 Å². The molecule has 0 bridgehead atoms. The Morgan fingerprint density at radius 2 is 1.77 bits per heavy atom. The predicted octanol–water partition coefficient (Wildman–Crippen LogP) is 4.68. The Morgan fingerprint density at radius 1 is 1.00 bits per heavy atom. The van der Waals surface area contributed by atoms with Crippen LogP contribution in [-0.4, -0.2) is 31.0 Å². The number of rotatable bonds is 5. The Hall–Kier alpha value is -3.36. The van der Waals surface area contributed by atoms with Gasteiger partial charge in [-0.15, -0.1) is 11.3 Å². The van der Waals surface area contributed by atoms with Crippen LogP contribution in [0.5, 0.6) is 0 Å². The zero-order valence-electron chi connectivity index (χ0n) is 15.6. The lowest BCUT2D eigenvalue weighted by molar-refractivity contribution is 0.102. The van der Waals surface area contributed by atoms with Gasteiger partial charge in [-0.2, -0.15) is 0 Å². The fourth-order valence-corrected chi connectivity index (χ4v) is 3.93. The maximum Gasteiger partial charge on any atom is 0.289 e. The van der Waals surface area contributed by atoms with Crippen molar-refractivity contribution in [3.8, 4) is 0 Å². The Balaban J connectivity index is 1.47. The summed E-state index contributed by atoms with van der Waals surface area (Å²) < 4.78 is 5.67. The second-order valence-electron chi connectivity index (χ2n) is 6.41. The molecule has 1 aliphatic heterocycles. The van der Waals surface area contributed by atoms with Gasteiger partial charge in [0.2, 0.25) is 0 Å². The first kappa shape index (κ1) is 19.9. The second-order valence-corrected chi connectivity index (χ2v) is 8.12. The Morgan fingerprint density at radius 3 is 2.43 bits per heavy atom. The molecule has 1 fully saturated rings. The van der Waals surface area contributed by atoms with Gasteiger partial charge < -0.3 is 15.4 Å². The Labute approximate surface area is 181 Å². The molecule has 0 atom stereocenters. The largest absolute Gasteiger partial charge is 0.463 e. The summed E-state index contributed by atoms with van der Waals surface area (Å²) in [6, 6.07) is 17.3. The number of amides is 2. The number of carbonyl (C=O) groups excluding carboxylic acids is 2. The highest BCUT2D eigenvalue weighted by atomic mass is 35.5. The molecule has 1 aromatic heterocycles. The van der Waals surface area contributed by atoms with Crippen molar-refractivity contribution in [3.05, 3.63) is 75.4 Å².